The molecule has 12 heavy (non-hydrogen) atoms. The number of nitrogens with two attached hydrogens (primary N) is 1. The molecule has 1 amide bonds. The summed E-state index contributed by atoms with van der Waals surface area (Å²) in [6, 6.07) is 0. The number of nitrogens with one attached hydrogen (secondary N) is 1. The molecule has 0 rings (SSSR count). The number of hydrogen-bond donors (Lipinski definition) is 3. The zero-order valence-corrected chi connectivity index (χ0v) is 7.04. The molecule has 0 aliphatic carbocycles. The van der Waals surface area contributed by atoms with Crippen LogP contribution in [0.15, 0.2) is 12.7 Å². The second kappa shape index (κ2) is 9.64. The third-order valence-electron chi connectivity index (χ3n) is 0.734. The van der Waals surface area contributed by atoms with Crippen molar-refractivity contribution in [3.63, 3.8) is 0 Å². The topological polar surface area (TPSA) is 92.4 Å². The molecule has 0 aliphatic heterocycles. The van der Waals surface area contributed by atoms with Gasteiger partial charge in [0.1, 0.15) is 0 Å². The average molecular weight is 174 g/mol. The van der Waals surface area contributed by atoms with Gasteiger partial charge >= 0.3 is 5.97 Å². The summed E-state index contributed by atoms with van der Waals surface area (Å²) in [7, 11) is 0. The molecule has 0 heterocycles. The number of amides is 1. The lowest BCUT2D eigenvalue weighted by Crippen LogP contribution is -2.29. The summed E-state index contributed by atoms with van der Waals surface area (Å²) in [6.45, 7) is 5.57. The van der Waals surface area contributed by atoms with Crippen molar-refractivity contribution >= 4 is 11.9 Å². The van der Waals surface area contributed by atoms with Crippen molar-refractivity contribution in [2.75, 3.05) is 13.1 Å². The smallest absolute Gasteiger partial charge is 0.327 e. The Morgan fingerprint density at radius 2 is 2.08 bits per heavy atom. The van der Waals surface area contributed by atoms with Gasteiger partial charge in [0.05, 0.1) is 6.54 Å². The van der Waals surface area contributed by atoms with Crippen LogP contribution in [0.25, 0.3) is 0 Å². The van der Waals surface area contributed by atoms with Crippen molar-refractivity contribution in [2.24, 2.45) is 5.73 Å². The van der Waals surface area contributed by atoms with Gasteiger partial charge in [-0.3, -0.25) is 4.79 Å². The van der Waals surface area contributed by atoms with E-state index in [-0.39, 0.29) is 12.5 Å². The molecule has 0 bridgehead atoms. The summed E-state index contributed by atoms with van der Waals surface area (Å²) in [5.41, 5.74) is 4.95. The molecule has 0 aromatic heterocycles. The standard InChI is InChI=1S/C4H10N2O.C3H4O2/c1-2-6-4(7)3-5;1-2-3(4)5/h2-3,5H2,1H3,(H,6,7);2H,1H2,(H,4,5). The Balaban J connectivity index is 0. The first kappa shape index (κ1) is 13.2. The molecule has 0 saturated heterocycles. The van der Waals surface area contributed by atoms with Gasteiger partial charge in [-0.15, -0.1) is 0 Å². The van der Waals surface area contributed by atoms with E-state index in [1.165, 1.54) is 0 Å². The zero-order valence-electron chi connectivity index (χ0n) is 7.04. The van der Waals surface area contributed by atoms with E-state index < -0.39 is 5.97 Å². The number of carboxylic acids is 1. The average Bonchev–Trinajstić information content (AvgIpc) is 2.06. The maximum Gasteiger partial charge on any atom is 0.327 e. The molecule has 5 heteroatoms. The zero-order chi connectivity index (χ0) is 9.98. The van der Waals surface area contributed by atoms with Crippen molar-refractivity contribution in [1.29, 1.82) is 0 Å². The molecular formula is C7H14N2O3. The fraction of sp³-hybridized carbons (Fsp3) is 0.429. The molecule has 0 saturated carbocycles. The van der Waals surface area contributed by atoms with Crippen LogP contribution in [0, 0.1) is 0 Å². The van der Waals surface area contributed by atoms with E-state index in [4.69, 9.17) is 10.8 Å². The second-order valence-corrected chi connectivity index (χ2v) is 1.70. The first-order valence-corrected chi connectivity index (χ1v) is 3.40. The number of aliphatic carboxylic acids is 1. The molecular weight excluding hydrogens is 160 g/mol. The molecule has 0 atom stereocenters. The molecule has 0 fully saturated rings. The Labute approximate surface area is 71.3 Å². The largest absolute Gasteiger partial charge is 0.478 e. The summed E-state index contributed by atoms with van der Waals surface area (Å²) >= 11 is 0. The summed E-state index contributed by atoms with van der Waals surface area (Å²) in [5, 5.41) is 10.1. The van der Waals surface area contributed by atoms with E-state index in [2.05, 4.69) is 11.9 Å². The Bertz CT molecular complexity index is 157. The summed E-state index contributed by atoms with van der Waals surface area (Å²) < 4.78 is 0. The maximum atomic E-state index is 10.2. The van der Waals surface area contributed by atoms with Gasteiger partial charge in [-0.1, -0.05) is 6.58 Å². The first-order chi connectivity index (χ1) is 5.58. The first-order valence-electron chi connectivity index (χ1n) is 3.40. The summed E-state index contributed by atoms with van der Waals surface area (Å²) in [5.74, 6) is -1.08. The van der Waals surface area contributed by atoms with E-state index in [0.29, 0.717) is 6.54 Å². The SMILES string of the molecule is C=CC(=O)O.CCNC(=O)CN. The monoisotopic (exact) mass is 174 g/mol. The van der Waals surface area contributed by atoms with Gasteiger partial charge in [0.15, 0.2) is 0 Å². The minimum atomic E-state index is -0.981. The van der Waals surface area contributed by atoms with Crippen molar-refractivity contribution in [3.8, 4) is 0 Å². The Morgan fingerprint density at radius 1 is 1.67 bits per heavy atom. The van der Waals surface area contributed by atoms with Crippen LogP contribution in [0.2, 0.25) is 0 Å². The van der Waals surface area contributed by atoms with E-state index in [0.717, 1.165) is 6.08 Å². The number of rotatable bonds is 3. The molecule has 4 N–H and O–H groups in total. The summed E-state index contributed by atoms with van der Waals surface area (Å²) in [6.07, 6.45) is 0.833. The maximum absolute atomic E-state index is 10.2. The highest BCUT2D eigenvalue weighted by molar-refractivity contribution is 5.78. The Kier molecular flexibility index (Phi) is 10.6. The normalized spacial score (nSPS) is 7.50. The molecule has 0 radical (unpaired) electrons. The van der Waals surface area contributed by atoms with Gasteiger partial charge in [0, 0.05) is 12.6 Å². The lowest BCUT2D eigenvalue weighted by molar-refractivity contribution is -0.131. The Hall–Kier alpha value is -1.36. The van der Waals surface area contributed by atoms with Crippen LogP contribution in [0.3, 0.4) is 0 Å². The highest BCUT2D eigenvalue weighted by Crippen LogP contribution is 1.55. The molecule has 70 valence electrons. The third kappa shape index (κ3) is 15.9. The molecule has 0 unspecified atom stereocenters. The van der Waals surface area contributed by atoms with E-state index in [1.807, 2.05) is 6.92 Å². The van der Waals surface area contributed by atoms with Crippen LogP contribution in [0.1, 0.15) is 6.92 Å². The third-order valence-corrected chi connectivity index (χ3v) is 0.734. The minimum Gasteiger partial charge on any atom is -0.478 e. The second-order valence-electron chi connectivity index (χ2n) is 1.70. The van der Waals surface area contributed by atoms with Crippen LogP contribution in [0.5, 0.6) is 0 Å². The van der Waals surface area contributed by atoms with Crippen molar-refractivity contribution < 1.29 is 14.7 Å². The fourth-order valence-electron chi connectivity index (χ4n) is 0.269. The van der Waals surface area contributed by atoms with E-state index >= 15 is 0 Å². The molecule has 0 aromatic rings. The number of hydrogen-bond acceptors (Lipinski definition) is 3. The van der Waals surface area contributed by atoms with Gasteiger partial charge in [-0.2, -0.15) is 0 Å². The lowest BCUT2D eigenvalue weighted by atomic mass is 10.6. The van der Waals surface area contributed by atoms with Crippen LogP contribution in [-0.4, -0.2) is 30.1 Å². The van der Waals surface area contributed by atoms with Gasteiger partial charge in [0.2, 0.25) is 5.91 Å². The number of likely N-dealkylation sites (N-methyl/N-ethyl adjacent to an activating group) is 1. The van der Waals surface area contributed by atoms with Crippen LogP contribution in [-0.2, 0) is 9.59 Å². The van der Waals surface area contributed by atoms with E-state index in [9.17, 15) is 9.59 Å². The van der Waals surface area contributed by atoms with E-state index in [1.54, 1.807) is 0 Å². The van der Waals surface area contributed by atoms with Gasteiger partial charge < -0.3 is 16.2 Å². The van der Waals surface area contributed by atoms with Crippen LogP contribution < -0.4 is 11.1 Å². The number of carbonyl (C=O) groups excluding carboxylic acids is 1. The molecule has 0 spiro atoms. The fourth-order valence-corrected chi connectivity index (χ4v) is 0.269. The highest BCUT2D eigenvalue weighted by Gasteiger charge is 1.88. The summed E-state index contributed by atoms with van der Waals surface area (Å²) in [4.78, 5) is 19.4. The predicted octanol–water partition coefficient (Wildman–Crippen LogP) is -0.662. The lowest BCUT2D eigenvalue weighted by Gasteiger charge is -1.93. The van der Waals surface area contributed by atoms with Crippen molar-refractivity contribution in [3.05, 3.63) is 12.7 Å². The van der Waals surface area contributed by atoms with Gasteiger partial charge in [-0.05, 0) is 6.92 Å². The molecule has 0 aromatic carbocycles. The number of carboxylic acid groups (broad SMARTS) is 1. The number of carbonyl (C=O) groups is 2. The minimum absolute atomic E-state index is 0.0911. The van der Waals surface area contributed by atoms with Crippen molar-refractivity contribution in [2.45, 2.75) is 6.92 Å². The van der Waals surface area contributed by atoms with Crippen LogP contribution in [0.4, 0.5) is 0 Å². The molecule has 0 aliphatic rings. The highest BCUT2D eigenvalue weighted by atomic mass is 16.4. The predicted molar refractivity (Wildman–Crippen MR) is 45.6 cm³/mol. The van der Waals surface area contributed by atoms with Gasteiger partial charge in [-0.25, -0.2) is 4.79 Å². The Morgan fingerprint density at radius 3 is 2.17 bits per heavy atom. The van der Waals surface area contributed by atoms with Crippen LogP contribution >= 0.6 is 0 Å². The van der Waals surface area contributed by atoms with Crippen molar-refractivity contribution in [1.82, 2.24) is 5.32 Å². The quantitative estimate of drug-likeness (QED) is 0.495. The molecule has 5 nitrogen and oxygen atoms in total. The van der Waals surface area contributed by atoms with Gasteiger partial charge in [0.25, 0.3) is 0 Å².